The van der Waals surface area contributed by atoms with E-state index in [-0.39, 0.29) is 6.42 Å². The van der Waals surface area contributed by atoms with Gasteiger partial charge in [-0.3, -0.25) is 4.79 Å². The minimum absolute atomic E-state index is 0.0166. The van der Waals surface area contributed by atoms with Crippen molar-refractivity contribution in [1.82, 2.24) is 0 Å². The molecule has 1 rings (SSSR count). The van der Waals surface area contributed by atoms with Gasteiger partial charge in [-0.05, 0) is 39.5 Å². The van der Waals surface area contributed by atoms with Gasteiger partial charge in [-0.2, -0.15) is 5.26 Å². The lowest BCUT2D eigenvalue weighted by atomic mass is 10.0. The van der Waals surface area contributed by atoms with Gasteiger partial charge in [0.05, 0.1) is 12.0 Å². The Morgan fingerprint density at radius 2 is 2.27 bits per heavy atom. The molecule has 0 fully saturated rings. The third kappa shape index (κ3) is 2.80. The number of aryl methyl sites for hydroxylation is 1. The van der Waals surface area contributed by atoms with Crippen molar-refractivity contribution in [3.63, 3.8) is 0 Å². The molecule has 78 valence electrons. The van der Waals surface area contributed by atoms with Gasteiger partial charge < -0.3 is 5.11 Å². The largest absolute Gasteiger partial charge is 0.481 e. The maximum atomic E-state index is 10.6. The number of rotatable bonds is 3. The summed E-state index contributed by atoms with van der Waals surface area (Å²) in [4.78, 5) is 10.6. The molecule has 0 aromatic heterocycles. The molecule has 0 saturated heterocycles. The van der Waals surface area contributed by atoms with Crippen LogP contribution in [0.4, 0.5) is 0 Å². The summed E-state index contributed by atoms with van der Waals surface area (Å²) < 4.78 is 0.667. The molecule has 3 nitrogen and oxygen atoms in total. The number of carbonyl (C=O) groups is 1. The van der Waals surface area contributed by atoms with Crippen LogP contribution in [0.25, 0.3) is 0 Å². The molecule has 15 heavy (non-hydrogen) atoms. The summed E-state index contributed by atoms with van der Waals surface area (Å²) in [6, 6.07) is 5.56. The topological polar surface area (TPSA) is 61.1 Å². The van der Waals surface area contributed by atoms with E-state index in [1.165, 1.54) is 0 Å². The van der Waals surface area contributed by atoms with Crippen LogP contribution in [-0.4, -0.2) is 11.1 Å². The van der Waals surface area contributed by atoms with Crippen LogP contribution in [0, 0.1) is 11.3 Å². The Labute approximate surface area is 96.5 Å². The van der Waals surface area contributed by atoms with Crippen molar-refractivity contribution in [1.29, 1.82) is 5.26 Å². The van der Waals surface area contributed by atoms with Crippen LogP contribution in [0.15, 0.2) is 16.6 Å². The summed E-state index contributed by atoms with van der Waals surface area (Å²) in [6.07, 6.45) is 0.701. The van der Waals surface area contributed by atoms with E-state index in [1.807, 2.05) is 6.92 Å². The van der Waals surface area contributed by atoms with Crippen molar-refractivity contribution in [2.45, 2.75) is 19.8 Å². The Morgan fingerprint density at radius 1 is 1.60 bits per heavy atom. The Kier molecular flexibility index (Phi) is 3.87. The lowest BCUT2D eigenvalue weighted by Gasteiger charge is -2.06. The second kappa shape index (κ2) is 4.94. The van der Waals surface area contributed by atoms with Gasteiger partial charge in [-0.1, -0.05) is 13.0 Å². The molecule has 0 spiro atoms. The maximum absolute atomic E-state index is 10.6. The summed E-state index contributed by atoms with van der Waals surface area (Å²) in [5.41, 5.74) is 2.18. The smallest absolute Gasteiger partial charge is 0.307 e. The van der Waals surface area contributed by atoms with Gasteiger partial charge in [-0.15, -0.1) is 0 Å². The van der Waals surface area contributed by atoms with Crippen LogP contribution in [0.3, 0.4) is 0 Å². The van der Waals surface area contributed by atoms with Gasteiger partial charge in [0.2, 0.25) is 0 Å². The number of benzene rings is 1. The zero-order valence-corrected chi connectivity index (χ0v) is 9.84. The van der Waals surface area contributed by atoms with Crippen molar-refractivity contribution in [2.75, 3.05) is 0 Å². The molecule has 1 aromatic carbocycles. The van der Waals surface area contributed by atoms with E-state index < -0.39 is 5.97 Å². The molecular formula is C11H10BrNO2. The third-order valence-electron chi connectivity index (χ3n) is 2.08. The summed E-state index contributed by atoms with van der Waals surface area (Å²) >= 11 is 3.27. The molecule has 0 radical (unpaired) electrons. The van der Waals surface area contributed by atoms with E-state index in [0.29, 0.717) is 15.6 Å². The average molecular weight is 268 g/mol. The molecule has 0 aliphatic carbocycles. The molecule has 0 aliphatic rings. The molecule has 0 unspecified atom stereocenters. The lowest BCUT2D eigenvalue weighted by Crippen LogP contribution is -2.02. The number of hydrogen-bond donors (Lipinski definition) is 1. The number of carboxylic acid groups (broad SMARTS) is 1. The van der Waals surface area contributed by atoms with Crippen molar-refractivity contribution in [2.24, 2.45) is 0 Å². The number of nitrogens with zero attached hydrogens (tertiary/aromatic N) is 1. The van der Waals surface area contributed by atoms with E-state index >= 15 is 0 Å². The molecule has 0 amide bonds. The van der Waals surface area contributed by atoms with Crippen molar-refractivity contribution in [3.05, 3.63) is 33.3 Å². The number of nitriles is 1. The van der Waals surface area contributed by atoms with E-state index in [2.05, 4.69) is 22.0 Å². The first-order chi connectivity index (χ1) is 7.08. The molecule has 1 aromatic rings. The second-order valence-electron chi connectivity index (χ2n) is 3.15. The standard InChI is InChI=1S/C11H10BrNO2/c1-2-8-3-7(5-11(14)15)4-10(12)9(8)6-13/h3-4H,2,5H2,1H3,(H,14,15). The molecule has 0 bridgehead atoms. The van der Waals surface area contributed by atoms with Crippen LogP contribution in [0.5, 0.6) is 0 Å². The summed E-state index contributed by atoms with van der Waals surface area (Å²) in [5, 5.41) is 17.6. The van der Waals surface area contributed by atoms with Gasteiger partial charge in [0.1, 0.15) is 6.07 Å². The molecule has 1 N–H and O–H groups in total. The minimum Gasteiger partial charge on any atom is -0.481 e. The van der Waals surface area contributed by atoms with E-state index in [4.69, 9.17) is 10.4 Å². The fraction of sp³-hybridized carbons (Fsp3) is 0.273. The number of aliphatic carboxylic acids is 1. The molecule has 0 atom stereocenters. The quantitative estimate of drug-likeness (QED) is 0.916. The lowest BCUT2D eigenvalue weighted by molar-refractivity contribution is -0.136. The summed E-state index contributed by atoms with van der Waals surface area (Å²) in [5.74, 6) is -0.867. The first kappa shape index (κ1) is 11.7. The highest BCUT2D eigenvalue weighted by Gasteiger charge is 2.09. The van der Waals surface area contributed by atoms with Gasteiger partial charge in [-0.25, -0.2) is 0 Å². The molecular weight excluding hydrogens is 258 g/mol. The zero-order valence-electron chi connectivity index (χ0n) is 8.25. The molecule has 4 heteroatoms. The van der Waals surface area contributed by atoms with Crippen LogP contribution >= 0.6 is 15.9 Å². The molecule has 0 heterocycles. The van der Waals surface area contributed by atoms with Crippen molar-refractivity contribution >= 4 is 21.9 Å². The van der Waals surface area contributed by atoms with Gasteiger partial charge in [0, 0.05) is 4.47 Å². The molecule has 0 saturated carbocycles. The minimum atomic E-state index is -0.867. The van der Waals surface area contributed by atoms with E-state index in [0.717, 1.165) is 12.0 Å². The van der Waals surface area contributed by atoms with E-state index in [9.17, 15) is 4.79 Å². The van der Waals surface area contributed by atoms with Crippen LogP contribution < -0.4 is 0 Å². The first-order valence-electron chi connectivity index (χ1n) is 4.51. The maximum Gasteiger partial charge on any atom is 0.307 e. The van der Waals surface area contributed by atoms with Crippen molar-refractivity contribution < 1.29 is 9.90 Å². The third-order valence-corrected chi connectivity index (χ3v) is 2.71. The van der Waals surface area contributed by atoms with Crippen molar-refractivity contribution in [3.8, 4) is 6.07 Å². The Morgan fingerprint density at radius 3 is 2.73 bits per heavy atom. The SMILES string of the molecule is CCc1cc(CC(=O)O)cc(Br)c1C#N. The number of halogens is 1. The Balaban J connectivity index is 3.21. The Hall–Kier alpha value is -1.34. The van der Waals surface area contributed by atoms with Crippen LogP contribution in [-0.2, 0) is 17.6 Å². The highest BCUT2D eigenvalue weighted by atomic mass is 79.9. The second-order valence-corrected chi connectivity index (χ2v) is 4.00. The normalized spacial score (nSPS) is 9.67. The van der Waals surface area contributed by atoms with Gasteiger partial charge in [0.15, 0.2) is 0 Å². The molecule has 0 aliphatic heterocycles. The average Bonchev–Trinajstić information content (AvgIpc) is 2.15. The first-order valence-corrected chi connectivity index (χ1v) is 5.31. The highest BCUT2D eigenvalue weighted by Crippen LogP contribution is 2.23. The fourth-order valence-electron chi connectivity index (χ4n) is 1.41. The summed E-state index contributed by atoms with van der Waals surface area (Å²) in [6.45, 7) is 1.94. The van der Waals surface area contributed by atoms with E-state index in [1.54, 1.807) is 12.1 Å². The van der Waals surface area contributed by atoms with Gasteiger partial charge >= 0.3 is 5.97 Å². The Bertz CT molecular complexity index is 435. The number of hydrogen-bond acceptors (Lipinski definition) is 2. The van der Waals surface area contributed by atoms with Crippen LogP contribution in [0.2, 0.25) is 0 Å². The monoisotopic (exact) mass is 267 g/mol. The zero-order chi connectivity index (χ0) is 11.4. The predicted octanol–water partition coefficient (Wildman–Crippen LogP) is 2.51. The van der Waals surface area contributed by atoms with Gasteiger partial charge in [0.25, 0.3) is 0 Å². The summed E-state index contributed by atoms with van der Waals surface area (Å²) in [7, 11) is 0. The van der Waals surface area contributed by atoms with Crippen LogP contribution in [0.1, 0.15) is 23.6 Å². The highest BCUT2D eigenvalue weighted by molar-refractivity contribution is 9.10. The number of carboxylic acids is 1. The predicted molar refractivity (Wildman–Crippen MR) is 59.6 cm³/mol. The fourth-order valence-corrected chi connectivity index (χ4v) is 2.04.